The summed E-state index contributed by atoms with van der Waals surface area (Å²) in [5.41, 5.74) is 8.06. The van der Waals surface area contributed by atoms with Gasteiger partial charge in [-0.15, -0.1) is 0 Å². The number of rotatable bonds is 8. The molecule has 2 aliphatic carbocycles. The first-order valence-corrected chi connectivity index (χ1v) is 21.5. The number of fused-ring (bicyclic) bond motifs is 2. The summed E-state index contributed by atoms with van der Waals surface area (Å²) in [7, 11) is 0. The maximum Gasteiger partial charge on any atom is -1.00 e. The van der Waals surface area contributed by atoms with Crippen LogP contribution in [0.3, 0.4) is 0 Å². The van der Waals surface area contributed by atoms with E-state index in [1.165, 1.54) is 47.4 Å². The van der Waals surface area contributed by atoms with Gasteiger partial charge in [-0.25, -0.2) is 0 Å². The molecule has 0 bridgehead atoms. The molecule has 0 saturated carbocycles. The van der Waals surface area contributed by atoms with Gasteiger partial charge in [0.2, 0.25) is 0 Å². The summed E-state index contributed by atoms with van der Waals surface area (Å²) in [6.07, 6.45) is 24.4. The summed E-state index contributed by atoms with van der Waals surface area (Å²) >= 11 is -2.07. The Morgan fingerprint density at radius 2 is 1.21 bits per heavy atom. The minimum absolute atomic E-state index is 0. The van der Waals surface area contributed by atoms with Crippen molar-refractivity contribution < 1.29 is 45.2 Å². The molecule has 0 amide bonds. The van der Waals surface area contributed by atoms with Gasteiger partial charge in [-0.05, 0) is 0 Å². The third kappa shape index (κ3) is 5.25. The van der Waals surface area contributed by atoms with Gasteiger partial charge in [0.15, 0.2) is 0 Å². The van der Waals surface area contributed by atoms with Gasteiger partial charge in [-0.2, -0.15) is 0 Å². The van der Waals surface area contributed by atoms with E-state index < -0.39 is 25.8 Å². The summed E-state index contributed by atoms with van der Waals surface area (Å²) in [4.78, 5) is 8.63. The second-order valence-corrected chi connectivity index (χ2v) is 25.9. The Morgan fingerprint density at radius 3 is 1.61 bits per heavy atom. The van der Waals surface area contributed by atoms with E-state index in [1.54, 1.807) is 11.1 Å². The molecule has 0 aliphatic heterocycles. The van der Waals surface area contributed by atoms with Crippen molar-refractivity contribution in [3.8, 4) is 11.4 Å². The van der Waals surface area contributed by atoms with Gasteiger partial charge in [0.1, 0.15) is 0 Å². The number of halogens is 2. The van der Waals surface area contributed by atoms with Gasteiger partial charge in [0, 0.05) is 0 Å². The first-order chi connectivity index (χ1) is 17.8. The molecular weight excluding hydrogens is 607 g/mol. The van der Waals surface area contributed by atoms with Gasteiger partial charge in [0.25, 0.3) is 0 Å². The smallest absolute Gasteiger partial charge is 1.00 e. The summed E-state index contributed by atoms with van der Waals surface area (Å²) in [6.45, 7) is 4.79. The topological polar surface area (TPSA) is 35.6 Å². The number of nitrogens with zero attached hydrogens (tertiary/aromatic N) is 4. The van der Waals surface area contributed by atoms with E-state index in [9.17, 15) is 0 Å². The predicted molar refractivity (Wildman–Crippen MR) is 147 cm³/mol. The van der Waals surface area contributed by atoms with Crippen molar-refractivity contribution in [3.05, 3.63) is 108 Å². The van der Waals surface area contributed by atoms with Gasteiger partial charge in [-0.1, -0.05) is 0 Å². The number of hydrogen-bond acceptors (Lipinski definition) is 2. The number of imidazole rings is 2. The van der Waals surface area contributed by atoms with E-state index in [4.69, 9.17) is 0 Å². The Bertz CT molecular complexity index is 1370. The fourth-order valence-electron chi connectivity index (χ4n) is 6.09. The van der Waals surface area contributed by atoms with E-state index >= 15 is 0 Å². The molecule has 8 heteroatoms. The summed E-state index contributed by atoms with van der Waals surface area (Å²) < 4.78 is 5.60. The van der Waals surface area contributed by atoms with Crippen LogP contribution in [-0.4, -0.2) is 24.5 Å². The van der Waals surface area contributed by atoms with Gasteiger partial charge < -0.3 is 24.8 Å². The Balaban J connectivity index is 0.00000168. The molecule has 4 aromatic rings. The van der Waals surface area contributed by atoms with Crippen LogP contribution in [0.25, 0.3) is 23.5 Å². The molecule has 2 atom stereocenters. The fraction of sp³-hybridized carbons (Fsp3) is 0.267. The number of aromatic nitrogens is 4. The molecule has 0 radical (unpaired) electrons. The van der Waals surface area contributed by atoms with E-state index in [0.717, 1.165) is 0 Å². The molecule has 2 aromatic heterocycles. The van der Waals surface area contributed by atoms with E-state index in [-0.39, 0.29) is 24.8 Å². The molecule has 38 heavy (non-hydrogen) atoms. The number of hydrogen-bond donors (Lipinski definition) is 0. The number of allylic oxidation sites excluding steroid dienone is 2. The van der Waals surface area contributed by atoms with Crippen LogP contribution in [0, 0.1) is 0 Å². The fourth-order valence-corrected chi connectivity index (χ4v) is 31.7. The minimum atomic E-state index is -2.07. The van der Waals surface area contributed by atoms with Crippen LogP contribution in [-0.2, 0) is 20.4 Å². The molecule has 0 N–H and O–H groups in total. The Morgan fingerprint density at radius 1 is 0.737 bits per heavy atom. The zero-order valence-electron chi connectivity index (χ0n) is 21.8. The molecule has 2 aliphatic rings. The van der Waals surface area contributed by atoms with Crippen LogP contribution >= 0.6 is 0 Å². The zero-order valence-corrected chi connectivity index (χ0v) is 26.7. The summed E-state index contributed by atoms with van der Waals surface area (Å²) in [5.74, 6) is 0. The van der Waals surface area contributed by atoms with Crippen molar-refractivity contribution in [2.45, 2.75) is 46.0 Å². The quantitative estimate of drug-likeness (QED) is 0.273. The van der Waals surface area contributed by atoms with Crippen LogP contribution in [0.2, 0.25) is 12.1 Å². The van der Waals surface area contributed by atoms with Gasteiger partial charge in [-0.3, -0.25) is 0 Å². The van der Waals surface area contributed by atoms with E-state index in [0.29, 0.717) is 7.25 Å². The van der Waals surface area contributed by atoms with Crippen LogP contribution in [0.5, 0.6) is 0 Å². The van der Waals surface area contributed by atoms with Crippen LogP contribution in [0.4, 0.5) is 0 Å². The second kappa shape index (κ2) is 12.9. The van der Waals surface area contributed by atoms with Crippen LogP contribution in [0.15, 0.2) is 86.0 Å². The van der Waals surface area contributed by atoms with Crippen LogP contribution in [0.1, 0.15) is 56.2 Å². The molecule has 0 spiro atoms. The predicted octanol–water partition coefficient (Wildman–Crippen LogP) is 1.33. The third-order valence-electron chi connectivity index (χ3n) is 7.56. The molecule has 2 heterocycles. The molecule has 194 valence electrons. The monoisotopic (exact) mass is 636 g/mol. The largest absolute Gasteiger partial charge is 1.00 e. The second-order valence-electron chi connectivity index (χ2n) is 9.73. The van der Waals surface area contributed by atoms with E-state index in [2.05, 4.69) is 106 Å². The standard InChI is InChI=1S/2C12H9N2.C6H14Si.2ClH.Zr/c2*1-3-10-4-2-6-12(11(10)5-1)14-8-7-13-9-14;1-3-5-7-6-4-2;;;/h2*1-9H;3-6H2,1-2H3;2*1H;/q;;;;;+2/p-2. The molecule has 2 unspecified atom stereocenters. The molecular formula is C30H32Cl2N4SiZr. The van der Waals surface area contributed by atoms with Crippen molar-refractivity contribution >= 4 is 17.6 Å². The van der Waals surface area contributed by atoms with Crippen LogP contribution < -0.4 is 24.8 Å². The average molecular weight is 639 g/mol. The van der Waals surface area contributed by atoms with Crippen molar-refractivity contribution in [3.63, 3.8) is 0 Å². The van der Waals surface area contributed by atoms with Crippen molar-refractivity contribution in [2.75, 3.05) is 0 Å². The van der Waals surface area contributed by atoms with Gasteiger partial charge in [0.05, 0.1) is 0 Å². The molecule has 4 nitrogen and oxygen atoms in total. The first kappa shape index (κ1) is 29.0. The van der Waals surface area contributed by atoms with E-state index in [1.807, 2.05) is 25.0 Å². The molecule has 0 saturated heterocycles. The zero-order chi connectivity index (χ0) is 24.5. The maximum atomic E-state index is 4.31. The van der Waals surface area contributed by atoms with Crippen molar-refractivity contribution in [1.82, 2.24) is 19.1 Å². The first-order valence-electron chi connectivity index (χ1n) is 13.1. The minimum Gasteiger partial charge on any atom is -1.00 e. The summed E-state index contributed by atoms with van der Waals surface area (Å²) in [6, 6.07) is 16.7. The Hall–Kier alpha value is -1.98. The Kier molecular flexibility index (Phi) is 9.86. The Labute approximate surface area is 245 Å². The molecule has 2 aromatic carbocycles. The number of benzene rings is 2. The normalized spacial score (nSPS) is 16.2. The average Bonchev–Trinajstić information content (AvgIpc) is 3.72. The molecule has 6 rings (SSSR count). The van der Waals surface area contributed by atoms with Crippen molar-refractivity contribution in [1.29, 1.82) is 0 Å². The SMILES string of the molecule is CCC[Si](CCC)=[Zr+2]([CH]1C=Cc2c1cccc2-n1ccnc1)[CH]1C=Cc2c1cccc2-n1ccnc1.[Cl-].[Cl-]. The van der Waals surface area contributed by atoms with Gasteiger partial charge >= 0.3 is 223 Å². The van der Waals surface area contributed by atoms with Crippen molar-refractivity contribution in [2.24, 2.45) is 0 Å². The third-order valence-corrected chi connectivity index (χ3v) is 29.7. The molecule has 0 fully saturated rings. The maximum absolute atomic E-state index is 4.31. The summed E-state index contributed by atoms with van der Waals surface area (Å²) in [5, 5.41) is 0.